The van der Waals surface area contributed by atoms with Crippen molar-refractivity contribution in [2.45, 2.75) is 11.1 Å². The van der Waals surface area contributed by atoms with E-state index in [9.17, 15) is 26.3 Å². The van der Waals surface area contributed by atoms with Gasteiger partial charge in [-0.05, 0) is 0 Å². The highest BCUT2D eigenvalue weighted by Crippen LogP contribution is 2.44. The van der Waals surface area contributed by atoms with Crippen LogP contribution in [0.1, 0.15) is 0 Å². The van der Waals surface area contributed by atoms with Gasteiger partial charge in [-0.25, -0.2) is 4.39 Å². The Hall–Kier alpha value is -0.100. The normalized spacial score (nSPS) is 16.6. The zero-order chi connectivity index (χ0) is 10.9. The monoisotopic (exact) mass is 246 g/mol. The molecule has 1 atom stereocenters. The van der Waals surface area contributed by atoms with Gasteiger partial charge in [-0.15, -0.1) is 11.6 Å². The van der Waals surface area contributed by atoms with E-state index in [1.165, 1.54) is 0 Å². The highest BCUT2D eigenvalue weighted by atomic mass is 35.5. The number of hydrogen-bond donors (Lipinski definition) is 0. The Morgan fingerprint density at radius 2 is 1.46 bits per heavy atom. The molecule has 0 nitrogen and oxygen atoms in total. The van der Waals surface area contributed by atoms with Crippen LogP contribution in [0.4, 0.5) is 26.3 Å². The Bertz CT molecular complexity index is 219. The maximum absolute atomic E-state index is 12.5. The van der Waals surface area contributed by atoms with E-state index in [0.717, 1.165) is 0 Å². The van der Waals surface area contributed by atoms with Gasteiger partial charge in [0.2, 0.25) is 5.83 Å². The minimum absolute atomic E-state index is 1.53. The van der Waals surface area contributed by atoms with E-state index in [0.29, 0.717) is 0 Å². The van der Waals surface area contributed by atoms with Crippen molar-refractivity contribution in [3.63, 3.8) is 0 Å². The van der Waals surface area contributed by atoms with Gasteiger partial charge >= 0.3 is 12.0 Å². The van der Waals surface area contributed by atoms with Crippen LogP contribution in [-0.4, -0.2) is 16.9 Å². The third-order valence-corrected chi connectivity index (χ3v) is 1.94. The summed E-state index contributed by atoms with van der Waals surface area (Å²) < 4.78 is 71.8. The first kappa shape index (κ1) is 12.9. The lowest BCUT2D eigenvalue weighted by molar-refractivity contribution is -0.0723. The molecule has 0 saturated carbocycles. The van der Waals surface area contributed by atoms with E-state index >= 15 is 0 Å². The lowest BCUT2D eigenvalue weighted by atomic mass is 10.2. The molecule has 0 aliphatic rings. The van der Waals surface area contributed by atoms with Crippen molar-refractivity contribution >= 4 is 23.2 Å². The SMILES string of the molecule is FC(F)=C(F)C(F)(F)C(F)(Cl)CCl. The molecule has 0 saturated heterocycles. The van der Waals surface area contributed by atoms with E-state index in [1.54, 1.807) is 0 Å². The molecule has 0 spiro atoms. The van der Waals surface area contributed by atoms with E-state index in [1.807, 2.05) is 0 Å². The summed E-state index contributed by atoms with van der Waals surface area (Å²) in [6.45, 7) is 0. The third-order valence-electron chi connectivity index (χ3n) is 1.07. The molecule has 0 aromatic heterocycles. The summed E-state index contributed by atoms with van der Waals surface area (Å²) in [6.07, 6.45) is -3.34. The van der Waals surface area contributed by atoms with Gasteiger partial charge in [0.1, 0.15) is 0 Å². The average Bonchev–Trinajstić information content (AvgIpc) is 2.02. The van der Waals surface area contributed by atoms with Crippen molar-refractivity contribution in [1.29, 1.82) is 0 Å². The largest absolute Gasteiger partial charge is 0.352 e. The number of rotatable bonds is 3. The fraction of sp³-hybridized carbons (Fsp3) is 0.600. The molecule has 0 aliphatic carbocycles. The molecule has 1 unspecified atom stereocenters. The maximum atomic E-state index is 12.5. The first-order chi connectivity index (χ1) is 5.66. The van der Waals surface area contributed by atoms with Gasteiger partial charge in [-0.2, -0.15) is 22.0 Å². The molecular formula is C5H2Cl2F6. The van der Waals surface area contributed by atoms with Crippen molar-refractivity contribution in [3.05, 3.63) is 11.9 Å². The summed E-state index contributed by atoms with van der Waals surface area (Å²) >= 11 is 9.00. The molecule has 0 heterocycles. The number of hydrogen-bond acceptors (Lipinski definition) is 0. The summed E-state index contributed by atoms with van der Waals surface area (Å²) in [6, 6.07) is 0. The molecule has 0 aromatic carbocycles. The minimum Gasteiger partial charge on any atom is -0.218 e. The van der Waals surface area contributed by atoms with E-state index in [2.05, 4.69) is 23.2 Å². The van der Waals surface area contributed by atoms with Gasteiger partial charge in [0.05, 0.1) is 5.88 Å². The number of alkyl halides is 5. The second-order valence-electron chi connectivity index (χ2n) is 1.99. The summed E-state index contributed by atoms with van der Waals surface area (Å²) in [5, 5.41) is -4.07. The van der Waals surface area contributed by atoms with Crippen LogP contribution in [0.25, 0.3) is 0 Å². The Morgan fingerprint density at radius 3 is 1.69 bits per heavy atom. The molecule has 0 rings (SSSR count). The van der Waals surface area contributed by atoms with Crippen molar-refractivity contribution in [2.75, 3.05) is 5.88 Å². The van der Waals surface area contributed by atoms with E-state index in [4.69, 9.17) is 0 Å². The van der Waals surface area contributed by atoms with Crippen LogP contribution in [-0.2, 0) is 0 Å². The quantitative estimate of drug-likeness (QED) is 0.525. The van der Waals surface area contributed by atoms with E-state index < -0.39 is 28.8 Å². The third kappa shape index (κ3) is 2.43. The van der Waals surface area contributed by atoms with Crippen LogP contribution in [0.5, 0.6) is 0 Å². The van der Waals surface area contributed by atoms with Gasteiger partial charge in [0.25, 0.3) is 5.13 Å². The second-order valence-corrected chi connectivity index (χ2v) is 2.85. The van der Waals surface area contributed by atoms with Gasteiger partial charge in [0, 0.05) is 0 Å². The summed E-state index contributed by atoms with van der Waals surface area (Å²) in [4.78, 5) is 0. The molecule has 0 fully saturated rings. The fourth-order valence-electron chi connectivity index (χ4n) is 0.363. The first-order valence-electron chi connectivity index (χ1n) is 2.69. The summed E-state index contributed by atoms with van der Waals surface area (Å²) in [5.74, 6) is -9.89. The summed E-state index contributed by atoms with van der Waals surface area (Å²) in [7, 11) is 0. The fourth-order valence-corrected chi connectivity index (χ4v) is 0.614. The maximum Gasteiger partial charge on any atom is 0.352 e. The first-order valence-corrected chi connectivity index (χ1v) is 3.61. The molecule has 78 valence electrons. The molecule has 0 aliphatic heterocycles. The van der Waals surface area contributed by atoms with Crippen molar-refractivity contribution in [3.8, 4) is 0 Å². The average molecular weight is 247 g/mol. The molecule has 0 radical (unpaired) electrons. The Balaban J connectivity index is 5.09. The molecular weight excluding hydrogens is 245 g/mol. The zero-order valence-corrected chi connectivity index (χ0v) is 7.24. The van der Waals surface area contributed by atoms with E-state index in [-0.39, 0.29) is 0 Å². The number of halogens is 8. The Morgan fingerprint density at radius 1 is 1.08 bits per heavy atom. The van der Waals surface area contributed by atoms with Crippen LogP contribution in [0, 0.1) is 0 Å². The van der Waals surface area contributed by atoms with Gasteiger partial charge < -0.3 is 0 Å². The van der Waals surface area contributed by atoms with Crippen LogP contribution in [0.3, 0.4) is 0 Å². The Labute approximate surface area is 79.1 Å². The standard InChI is InChI=1S/C5H2Cl2F6/c6-1-4(7,11)5(12,13)2(8)3(9)10/h1H2. The molecule has 13 heavy (non-hydrogen) atoms. The van der Waals surface area contributed by atoms with Crippen LogP contribution >= 0.6 is 23.2 Å². The van der Waals surface area contributed by atoms with Crippen LogP contribution in [0.2, 0.25) is 0 Å². The topological polar surface area (TPSA) is 0 Å². The van der Waals surface area contributed by atoms with Gasteiger partial charge in [0.15, 0.2) is 0 Å². The highest BCUT2D eigenvalue weighted by molar-refractivity contribution is 6.30. The van der Waals surface area contributed by atoms with Crippen LogP contribution < -0.4 is 0 Å². The van der Waals surface area contributed by atoms with Crippen LogP contribution in [0.15, 0.2) is 11.9 Å². The van der Waals surface area contributed by atoms with Crippen molar-refractivity contribution in [2.24, 2.45) is 0 Å². The van der Waals surface area contributed by atoms with Crippen molar-refractivity contribution in [1.82, 2.24) is 0 Å². The second kappa shape index (κ2) is 3.96. The number of allylic oxidation sites excluding steroid dienone is 1. The lowest BCUT2D eigenvalue weighted by Gasteiger charge is -2.23. The van der Waals surface area contributed by atoms with Crippen molar-refractivity contribution < 1.29 is 26.3 Å². The van der Waals surface area contributed by atoms with Gasteiger partial charge in [-0.1, -0.05) is 11.6 Å². The highest BCUT2D eigenvalue weighted by Gasteiger charge is 2.58. The molecule has 8 heteroatoms. The molecule has 0 amide bonds. The molecule has 0 N–H and O–H groups in total. The zero-order valence-electron chi connectivity index (χ0n) is 5.73. The smallest absolute Gasteiger partial charge is 0.218 e. The predicted octanol–water partition coefficient (Wildman–Crippen LogP) is 3.84. The lowest BCUT2D eigenvalue weighted by Crippen LogP contribution is -2.41. The summed E-state index contributed by atoms with van der Waals surface area (Å²) in [5.41, 5.74) is 0. The Kier molecular flexibility index (Phi) is 3.93. The molecule has 0 bridgehead atoms. The van der Waals surface area contributed by atoms with Gasteiger partial charge in [-0.3, -0.25) is 0 Å². The predicted molar refractivity (Wildman–Crippen MR) is 35.7 cm³/mol. The minimum atomic E-state index is -5.14. The molecule has 0 aromatic rings.